The molecular weight excluding hydrogens is 240 g/mol. The first-order chi connectivity index (χ1) is 9.31. The molecule has 0 unspecified atom stereocenters. The van der Waals surface area contributed by atoms with Crippen molar-refractivity contribution in [3.05, 3.63) is 0 Å². The lowest BCUT2D eigenvalue weighted by Gasteiger charge is -2.09. The van der Waals surface area contributed by atoms with E-state index in [-0.39, 0.29) is 0 Å². The van der Waals surface area contributed by atoms with Crippen LogP contribution in [0, 0.1) is 18.3 Å². The average Bonchev–Trinajstić information content (AvgIpc) is 3.25. The molecule has 3 N–H and O–H groups in total. The quantitative estimate of drug-likeness (QED) is 0.616. The first-order valence-electron chi connectivity index (χ1n) is 6.73. The first-order valence-corrected chi connectivity index (χ1v) is 6.73. The molecule has 0 radical (unpaired) electrons. The van der Waals surface area contributed by atoms with Gasteiger partial charge in [-0.05, 0) is 25.2 Å². The lowest BCUT2D eigenvalue weighted by Crippen LogP contribution is -2.14. The van der Waals surface area contributed by atoms with Gasteiger partial charge in [0.15, 0.2) is 0 Å². The van der Waals surface area contributed by atoms with Crippen LogP contribution >= 0.6 is 0 Å². The van der Waals surface area contributed by atoms with Crippen LogP contribution in [0.2, 0.25) is 0 Å². The second-order valence-electron chi connectivity index (χ2n) is 4.61. The maximum atomic E-state index is 5.22. The zero-order chi connectivity index (χ0) is 13.5. The van der Waals surface area contributed by atoms with Gasteiger partial charge in [-0.25, -0.2) is 0 Å². The van der Waals surface area contributed by atoms with Gasteiger partial charge in [0, 0.05) is 13.1 Å². The highest BCUT2D eigenvalue weighted by Gasteiger charge is 2.21. The van der Waals surface area contributed by atoms with Crippen molar-refractivity contribution >= 4 is 17.8 Å². The number of anilines is 3. The molecule has 1 saturated carbocycles. The molecule has 1 aromatic rings. The van der Waals surface area contributed by atoms with Crippen LogP contribution in [0.25, 0.3) is 0 Å². The van der Waals surface area contributed by atoms with Gasteiger partial charge in [-0.3, -0.25) is 0 Å². The molecule has 0 atom stereocenters. The lowest BCUT2D eigenvalue weighted by molar-refractivity contribution is 0.865. The summed E-state index contributed by atoms with van der Waals surface area (Å²) in [6.07, 6.45) is 8.83. The van der Waals surface area contributed by atoms with Crippen molar-refractivity contribution in [2.45, 2.75) is 26.2 Å². The summed E-state index contributed by atoms with van der Waals surface area (Å²) in [5.41, 5.74) is 0. The van der Waals surface area contributed by atoms with Gasteiger partial charge in [0.05, 0.1) is 6.54 Å². The molecule has 0 saturated heterocycles. The predicted octanol–water partition coefficient (Wildman–Crippen LogP) is 1.56. The number of hydrogen-bond acceptors (Lipinski definition) is 6. The fourth-order valence-corrected chi connectivity index (χ4v) is 1.54. The van der Waals surface area contributed by atoms with Crippen LogP contribution in [0.4, 0.5) is 17.8 Å². The van der Waals surface area contributed by atoms with E-state index < -0.39 is 0 Å². The Labute approximate surface area is 113 Å². The fraction of sp³-hybridized carbons (Fsp3) is 0.615. The van der Waals surface area contributed by atoms with E-state index in [1.165, 1.54) is 12.8 Å². The topological polar surface area (TPSA) is 74.8 Å². The molecule has 19 heavy (non-hydrogen) atoms. The molecule has 0 bridgehead atoms. The third-order valence-corrected chi connectivity index (χ3v) is 2.76. The minimum absolute atomic E-state index is 0.402. The summed E-state index contributed by atoms with van der Waals surface area (Å²) in [6, 6.07) is 0. The predicted molar refractivity (Wildman–Crippen MR) is 77.1 cm³/mol. The van der Waals surface area contributed by atoms with Crippen LogP contribution in [0.3, 0.4) is 0 Å². The Balaban J connectivity index is 2.02. The summed E-state index contributed by atoms with van der Waals surface area (Å²) in [5.74, 6) is 4.96. The molecule has 0 aromatic carbocycles. The summed E-state index contributed by atoms with van der Waals surface area (Å²) in [6.45, 7) is 4.25. The van der Waals surface area contributed by atoms with E-state index in [2.05, 4.69) is 43.7 Å². The van der Waals surface area contributed by atoms with Crippen LogP contribution in [-0.4, -0.2) is 34.6 Å². The molecule has 2 rings (SSSR count). The number of terminal acetylenes is 1. The van der Waals surface area contributed by atoms with Crippen molar-refractivity contribution in [2.75, 3.05) is 35.6 Å². The van der Waals surface area contributed by atoms with Crippen LogP contribution < -0.4 is 16.0 Å². The van der Waals surface area contributed by atoms with Gasteiger partial charge >= 0.3 is 0 Å². The molecule has 1 fully saturated rings. The number of nitrogens with one attached hydrogen (secondary N) is 3. The molecule has 6 nitrogen and oxygen atoms in total. The van der Waals surface area contributed by atoms with Crippen LogP contribution in [-0.2, 0) is 0 Å². The van der Waals surface area contributed by atoms with Gasteiger partial charge in [0.1, 0.15) is 0 Å². The van der Waals surface area contributed by atoms with Gasteiger partial charge in [-0.2, -0.15) is 15.0 Å². The summed E-state index contributed by atoms with van der Waals surface area (Å²) in [4.78, 5) is 12.9. The molecule has 0 spiro atoms. The van der Waals surface area contributed by atoms with Crippen molar-refractivity contribution in [1.82, 2.24) is 15.0 Å². The van der Waals surface area contributed by atoms with E-state index >= 15 is 0 Å². The van der Waals surface area contributed by atoms with Gasteiger partial charge in [-0.1, -0.05) is 12.8 Å². The van der Waals surface area contributed by atoms with Crippen molar-refractivity contribution in [3.63, 3.8) is 0 Å². The van der Waals surface area contributed by atoms with E-state index in [1.54, 1.807) is 0 Å². The Morgan fingerprint density at radius 1 is 1.11 bits per heavy atom. The van der Waals surface area contributed by atoms with E-state index in [0.29, 0.717) is 24.4 Å². The molecule has 0 amide bonds. The van der Waals surface area contributed by atoms with E-state index in [1.807, 2.05) is 0 Å². The van der Waals surface area contributed by atoms with E-state index in [4.69, 9.17) is 6.42 Å². The van der Waals surface area contributed by atoms with Crippen molar-refractivity contribution < 1.29 is 0 Å². The Bertz CT molecular complexity index is 449. The molecule has 1 aliphatic rings. The fourth-order valence-electron chi connectivity index (χ4n) is 1.54. The van der Waals surface area contributed by atoms with Gasteiger partial charge in [0.25, 0.3) is 0 Å². The van der Waals surface area contributed by atoms with Crippen molar-refractivity contribution in [1.29, 1.82) is 0 Å². The smallest absolute Gasteiger partial charge is 0.230 e. The largest absolute Gasteiger partial charge is 0.354 e. The van der Waals surface area contributed by atoms with Crippen molar-refractivity contribution in [3.8, 4) is 12.3 Å². The molecule has 1 heterocycles. The van der Waals surface area contributed by atoms with Crippen LogP contribution in [0.15, 0.2) is 0 Å². The Kier molecular flexibility index (Phi) is 4.78. The second-order valence-corrected chi connectivity index (χ2v) is 4.61. The maximum absolute atomic E-state index is 5.22. The summed E-state index contributed by atoms with van der Waals surface area (Å²) < 4.78 is 0. The Hall–Kier alpha value is -2.03. The summed E-state index contributed by atoms with van der Waals surface area (Å²) in [7, 11) is 0. The van der Waals surface area contributed by atoms with E-state index in [0.717, 1.165) is 25.4 Å². The number of nitrogens with zero attached hydrogens (tertiary/aromatic N) is 3. The zero-order valence-corrected chi connectivity index (χ0v) is 11.2. The Morgan fingerprint density at radius 3 is 2.32 bits per heavy atom. The minimum atomic E-state index is 0.402. The second kappa shape index (κ2) is 6.78. The van der Waals surface area contributed by atoms with Crippen LogP contribution in [0.5, 0.6) is 0 Å². The van der Waals surface area contributed by atoms with Gasteiger partial charge < -0.3 is 16.0 Å². The molecule has 102 valence electrons. The molecule has 1 aromatic heterocycles. The van der Waals surface area contributed by atoms with Crippen molar-refractivity contribution in [2.24, 2.45) is 5.92 Å². The highest BCUT2D eigenvalue weighted by Crippen LogP contribution is 2.28. The van der Waals surface area contributed by atoms with Crippen LogP contribution in [0.1, 0.15) is 26.2 Å². The van der Waals surface area contributed by atoms with E-state index in [9.17, 15) is 0 Å². The zero-order valence-electron chi connectivity index (χ0n) is 11.2. The standard InChI is InChI=1S/C13H20N6/c1-3-7-14-11-17-12(15-8-4-2)19-13(18-11)16-9-10-5-6-10/h1,10H,4-9H2,2H3,(H3,14,15,16,17,18,19). The number of aromatic nitrogens is 3. The summed E-state index contributed by atoms with van der Waals surface area (Å²) in [5, 5.41) is 9.38. The maximum Gasteiger partial charge on any atom is 0.230 e. The Morgan fingerprint density at radius 2 is 1.74 bits per heavy atom. The number of rotatable bonds is 8. The third-order valence-electron chi connectivity index (χ3n) is 2.76. The monoisotopic (exact) mass is 260 g/mol. The SMILES string of the molecule is C#CCNc1nc(NCCC)nc(NCC2CC2)n1. The van der Waals surface area contributed by atoms with Gasteiger partial charge in [0.2, 0.25) is 17.8 Å². The van der Waals surface area contributed by atoms with Gasteiger partial charge in [-0.15, -0.1) is 6.42 Å². The number of hydrogen-bond donors (Lipinski definition) is 3. The highest BCUT2D eigenvalue weighted by atomic mass is 15.3. The first kappa shape index (κ1) is 13.4. The molecule has 6 heteroatoms. The average molecular weight is 260 g/mol. The summed E-state index contributed by atoms with van der Waals surface area (Å²) >= 11 is 0. The molecule has 0 aliphatic heterocycles. The lowest BCUT2D eigenvalue weighted by atomic mass is 10.4. The molecular formula is C13H20N6. The highest BCUT2D eigenvalue weighted by molar-refractivity contribution is 5.42. The third kappa shape index (κ3) is 4.62. The molecule has 1 aliphatic carbocycles. The normalized spacial score (nSPS) is 13.7. The minimum Gasteiger partial charge on any atom is -0.354 e.